The minimum atomic E-state index is -1.92. The first-order chi connectivity index (χ1) is 42.6. The molecule has 1 aliphatic rings. The van der Waals surface area contributed by atoms with Crippen LogP contribution in [0.5, 0.6) is 0 Å². The van der Waals surface area contributed by atoms with Crippen molar-refractivity contribution >= 4 is 23.9 Å². The van der Waals surface area contributed by atoms with Gasteiger partial charge >= 0.3 is 23.9 Å². The van der Waals surface area contributed by atoms with Gasteiger partial charge in [0.1, 0.15) is 18.8 Å². The maximum absolute atomic E-state index is 13.2. The van der Waals surface area contributed by atoms with Crippen LogP contribution in [0.2, 0.25) is 0 Å². The van der Waals surface area contributed by atoms with E-state index in [1.807, 2.05) is 0 Å². The van der Waals surface area contributed by atoms with E-state index < -0.39 is 67.3 Å². The van der Waals surface area contributed by atoms with Crippen LogP contribution in [-0.2, 0) is 42.9 Å². The number of aliphatic hydroxyl groups excluding tert-OH is 2. The quantitative estimate of drug-likeness (QED) is 0.0228. The molecule has 6 unspecified atom stereocenters. The average Bonchev–Trinajstić information content (AvgIpc) is 2.56. The Balaban J connectivity index is 2.69. The van der Waals surface area contributed by atoms with Crippen LogP contribution < -0.4 is 0 Å². The second-order valence-corrected chi connectivity index (χ2v) is 22.7. The van der Waals surface area contributed by atoms with Crippen LogP contribution in [0.3, 0.4) is 0 Å². The van der Waals surface area contributed by atoms with Crippen molar-refractivity contribution in [1.82, 2.24) is 0 Å². The van der Waals surface area contributed by atoms with Crippen LogP contribution in [-0.4, -0.2) is 89.2 Å². The minimum absolute atomic E-state index is 0.0438. The minimum Gasteiger partial charge on any atom is -0.479 e. The molecule has 87 heavy (non-hydrogen) atoms. The number of hydrogen-bond donors (Lipinski definition) is 3. The van der Waals surface area contributed by atoms with Crippen molar-refractivity contribution in [2.75, 3.05) is 13.2 Å². The maximum Gasteiger partial charge on any atom is 0.335 e. The van der Waals surface area contributed by atoms with Crippen LogP contribution in [0.25, 0.3) is 0 Å². The molecule has 0 spiro atoms. The molecular formula is C75H120O12. The highest BCUT2D eigenvalue weighted by Crippen LogP contribution is 2.27. The van der Waals surface area contributed by atoms with Crippen LogP contribution in [0.4, 0.5) is 0 Å². The van der Waals surface area contributed by atoms with E-state index in [0.29, 0.717) is 19.3 Å². The second kappa shape index (κ2) is 61.1. The predicted octanol–water partition coefficient (Wildman–Crippen LogP) is 18.9. The van der Waals surface area contributed by atoms with Gasteiger partial charge in [0.25, 0.3) is 0 Å². The van der Waals surface area contributed by atoms with Gasteiger partial charge in [-0.2, -0.15) is 0 Å². The van der Waals surface area contributed by atoms with Gasteiger partial charge in [-0.1, -0.05) is 244 Å². The molecule has 0 bridgehead atoms. The zero-order valence-corrected chi connectivity index (χ0v) is 54.5. The third kappa shape index (κ3) is 50.4. The molecule has 1 rings (SSSR count). The molecule has 1 aliphatic heterocycles. The highest BCUT2D eigenvalue weighted by Gasteiger charge is 2.50. The molecule has 12 nitrogen and oxygen atoms in total. The maximum atomic E-state index is 13.2. The number of esters is 3. The van der Waals surface area contributed by atoms with Crippen LogP contribution in [0, 0.1) is 0 Å². The Hall–Kier alpha value is -5.14. The number of carbonyl (C=O) groups excluding carboxylic acids is 3. The Morgan fingerprint density at radius 2 is 0.724 bits per heavy atom. The van der Waals surface area contributed by atoms with E-state index in [0.717, 1.165) is 154 Å². The fourth-order valence-electron chi connectivity index (χ4n) is 9.53. The Bertz CT molecular complexity index is 2020. The van der Waals surface area contributed by atoms with E-state index in [-0.39, 0.29) is 25.9 Å². The first-order valence-corrected chi connectivity index (χ1v) is 34.2. The highest BCUT2D eigenvalue weighted by molar-refractivity contribution is 5.74. The van der Waals surface area contributed by atoms with Crippen molar-refractivity contribution in [2.45, 2.75) is 302 Å². The smallest absolute Gasteiger partial charge is 0.335 e. The van der Waals surface area contributed by atoms with Gasteiger partial charge in [0.05, 0.1) is 6.61 Å². The molecule has 1 saturated heterocycles. The molecule has 12 heteroatoms. The predicted molar refractivity (Wildman–Crippen MR) is 358 cm³/mol. The topological polar surface area (TPSA) is 175 Å². The number of carboxylic acids is 1. The summed E-state index contributed by atoms with van der Waals surface area (Å²) in [7, 11) is 0. The van der Waals surface area contributed by atoms with Crippen molar-refractivity contribution in [3.8, 4) is 0 Å². The van der Waals surface area contributed by atoms with Crippen molar-refractivity contribution in [2.24, 2.45) is 0 Å². The summed E-state index contributed by atoms with van der Waals surface area (Å²) in [6.07, 6.45) is 73.9. The number of ether oxygens (including phenoxy) is 5. The van der Waals surface area contributed by atoms with Gasteiger partial charge in [0.15, 0.2) is 24.6 Å². The molecular weight excluding hydrogens is 1090 g/mol. The summed E-state index contributed by atoms with van der Waals surface area (Å²) in [5, 5.41) is 31.7. The summed E-state index contributed by atoms with van der Waals surface area (Å²) < 4.78 is 28.6. The standard InChI is InChI=1S/C75H120O12/c1-4-7-10-13-16-19-22-25-28-31-34-37-40-43-46-49-52-55-58-61-67(76)83-64-66(85-68(77)62-59-56-53-50-47-44-41-38-35-32-29-26-23-20-17-14-11-8-5-2)65-84-75-73(71(80)70(79)72(87-75)74(81)82)86-69(78)63-60-57-54-51-48-45-42-39-36-33-30-27-24-21-18-15-12-9-6-3/h7-8,10-11,16-21,25-30,34-35,37-38,43,46,66,70-73,75,79-80H,4-6,9,12-15,22-24,31-33,36,39-42,44-45,47-65H2,1-3H3,(H,81,82)/b10-7-,11-8-,19-16-,20-17-,21-18-,28-25-,29-26-,30-27-,37-34-,38-35-,46-43-. The summed E-state index contributed by atoms with van der Waals surface area (Å²) in [5.74, 6) is -3.19. The average molecular weight is 1210 g/mol. The van der Waals surface area contributed by atoms with Gasteiger partial charge in [-0.25, -0.2) is 4.79 Å². The van der Waals surface area contributed by atoms with Crippen LogP contribution >= 0.6 is 0 Å². The van der Waals surface area contributed by atoms with E-state index in [1.54, 1.807) is 0 Å². The van der Waals surface area contributed by atoms with E-state index in [2.05, 4.69) is 154 Å². The van der Waals surface area contributed by atoms with Crippen LogP contribution in [0.1, 0.15) is 265 Å². The van der Waals surface area contributed by atoms with Crippen molar-refractivity contribution in [3.05, 3.63) is 134 Å². The molecule has 0 aromatic carbocycles. The molecule has 0 radical (unpaired) electrons. The number of hydrogen-bond acceptors (Lipinski definition) is 11. The lowest BCUT2D eigenvalue weighted by molar-refractivity contribution is -0.301. The lowest BCUT2D eigenvalue weighted by Gasteiger charge is -2.40. The van der Waals surface area contributed by atoms with Gasteiger partial charge in [0.2, 0.25) is 0 Å². The highest BCUT2D eigenvalue weighted by atomic mass is 16.7. The molecule has 0 aliphatic carbocycles. The molecule has 492 valence electrons. The summed E-state index contributed by atoms with van der Waals surface area (Å²) in [6, 6.07) is 0. The molecule has 0 saturated carbocycles. The number of rotatable bonds is 57. The van der Waals surface area contributed by atoms with E-state index in [1.165, 1.54) is 51.4 Å². The Kier molecular flexibility index (Phi) is 56.1. The SMILES string of the molecule is CC/C=C\C/C=C\C/C=C\C/C=C\C/C=C\CCCCCC(=O)OCC(COC1OC(C(=O)O)C(O)C(O)C1OC(=O)CCCCCCCCCCC/C=C\C/C=C\CCCCC)OC(=O)CCCCCCCC/C=C\C/C=C\C/C=C\C/C=C\CC. The lowest BCUT2D eigenvalue weighted by atomic mass is 9.98. The lowest BCUT2D eigenvalue weighted by Crippen LogP contribution is -2.61. The zero-order valence-electron chi connectivity index (χ0n) is 54.5. The van der Waals surface area contributed by atoms with Gasteiger partial charge in [-0.3, -0.25) is 14.4 Å². The Morgan fingerprint density at radius 1 is 0.391 bits per heavy atom. The summed E-state index contributed by atoms with van der Waals surface area (Å²) in [6.45, 7) is 5.72. The molecule has 6 atom stereocenters. The first kappa shape index (κ1) is 79.9. The van der Waals surface area contributed by atoms with Gasteiger partial charge < -0.3 is 39.0 Å². The number of carbonyl (C=O) groups is 4. The largest absolute Gasteiger partial charge is 0.479 e. The monoisotopic (exact) mass is 1210 g/mol. The molecule has 0 aromatic rings. The molecule has 1 heterocycles. The third-order valence-electron chi connectivity index (χ3n) is 14.7. The fraction of sp³-hybridized carbons (Fsp3) is 0.653. The van der Waals surface area contributed by atoms with Gasteiger partial charge in [0, 0.05) is 19.3 Å². The van der Waals surface area contributed by atoms with Crippen LogP contribution in [0.15, 0.2) is 134 Å². The summed E-state index contributed by atoms with van der Waals surface area (Å²) in [4.78, 5) is 51.5. The third-order valence-corrected chi connectivity index (χ3v) is 14.7. The number of allylic oxidation sites excluding steroid dienone is 22. The zero-order chi connectivity index (χ0) is 63.1. The fourth-order valence-corrected chi connectivity index (χ4v) is 9.53. The van der Waals surface area contributed by atoms with Gasteiger partial charge in [-0.15, -0.1) is 0 Å². The van der Waals surface area contributed by atoms with Gasteiger partial charge in [-0.05, 0) is 135 Å². The molecule has 0 aromatic heterocycles. The second-order valence-electron chi connectivity index (χ2n) is 22.7. The first-order valence-electron chi connectivity index (χ1n) is 34.2. The van der Waals surface area contributed by atoms with Crippen molar-refractivity contribution in [3.63, 3.8) is 0 Å². The molecule has 0 amide bonds. The van der Waals surface area contributed by atoms with E-state index in [4.69, 9.17) is 23.7 Å². The summed E-state index contributed by atoms with van der Waals surface area (Å²) in [5.41, 5.74) is 0. The molecule has 1 fully saturated rings. The summed E-state index contributed by atoms with van der Waals surface area (Å²) >= 11 is 0. The Morgan fingerprint density at radius 3 is 1.11 bits per heavy atom. The molecule has 3 N–H and O–H groups in total. The van der Waals surface area contributed by atoms with Crippen molar-refractivity contribution < 1.29 is 58.2 Å². The van der Waals surface area contributed by atoms with Crippen molar-refractivity contribution in [1.29, 1.82) is 0 Å². The normalized spacial score (nSPS) is 18.2. The number of aliphatic carboxylic acids is 1. The Labute approximate surface area is 528 Å². The van der Waals surface area contributed by atoms with E-state index >= 15 is 0 Å². The van der Waals surface area contributed by atoms with E-state index in [9.17, 15) is 34.5 Å². The number of carboxylic acid groups (broad SMARTS) is 1. The number of aliphatic hydroxyl groups is 2. The number of unbranched alkanes of at least 4 members (excludes halogenated alkanes) is 21.